The van der Waals surface area contributed by atoms with Crippen LogP contribution in [0.2, 0.25) is 0 Å². The van der Waals surface area contributed by atoms with Gasteiger partial charge < -0.3 is 9.72 Å². The Hall–Kier alpha value is -2.38. The number of nitrogens with zero attached hydrogens (tertiary/aromatic N) is 1. The fourth-order valence-corrected chi connectivity index (χ4v) is 7.12. The molecule has 1 aromatic carbocycles. The van der Waals surface area contributed by atoms with Crippen LogP contribution in [0.5, 0.6) is 5.88 Å². The molecular weight excluding hydrogens is 426 g/mol. The molecule has 0 radical (unpaired) electrons. The van der Waals surface area contributed by atoms with Crippen molar-refractivity contribution in [1.29, 1.82) is 0 Å². The van der Waals surface area contributed by atoms with Gasteiger partial charge in [0.15, 0.2) is 4.77 Å². The van der Waals surface area contributed by atoms with E-state index in [1.54, 1.807) is 0 Å². The van der Waals surface area contributed by atoms with Gasteiger partial charge in [-0.1, -0.05) is 36.0 Å². The number of pyridine rings is 1. The van der Waals surface area contributed by atoms with E-state index in [-0.39, 0.29) is 22.1 Å². The Labute approximate surface area is 189 Å². The highest BCUT2D eigenvalue weighted by Gasteiger charge is 2.54. The average Bonchev–Trinajstić information content (AvgIpc) is 2.69. The zero-order valence-corrected chi connectivity index (χ0v) is 19.2. The van der Waals surface area contributed by atoms with Gasteiger partial charge in [-0.15, -0.1) is 0 Å². The highest BCUT2D eigenvalue weighted by molar-refractivity contribution is 8.01. The second-order valence-electron chi connectivity index (χ2n) is 9.49. The molecule has 0 spiro atoms. The number of H-pyrrole nitrogens is 2. The van der Waals surface area contributed by atoms with Gasteiger partial charge in [0.05, 0.1) is 11.1 Å². The summed E-state index contributed by atoms with van der Waals surface area (Å²) in [5, 5.41) is 2.20. The maximum Gasteiger partial charge on any atom is 0.259 e. The fraction of sp³-hybridized carbons (Fsp3) is 0.375. The third-order valence-corrected chi connectivity index (χ3v) is 8.76. The molecule has 3 aliphatic rings. The van der Waals surface area contributed by atoms with Gasteiger partial charge in [-0.25, -0.2) is 4.98 Å². The van der Waals surface area contributed by atoms with Crippen LogP contribution in [-0.2, 0) is 0 Å². The molecule has 3 atom stereocenters. The Balaban J connectivity index is 1.62. The van der Waals surface area contributed by atoms with Crippen LogP contribution in [0.3, 0.4) is 0 Å². The van der Waals surface area contributed by atoms with Gasteiger partial charge in [0.1, 0.15) is 10.6 Å². The molecule has 4 heterocycles. The molecule has 0 amide bonds. The number of hydrogen-bond acceptors (Lipinski definition) is 5. The standard InChI is InChI=1S/C24H23N3O2S2/c1-23(2)14-8-9-24(3)15(17(14)18-19(28)26-22(30)27-20(18)29-23)11-13-10-12-6-4-5-7-16(12)25-21(13)31-24/h4-7,10-11,14,17H,8-9H2,1-3H3,(H2,26,27,28,30). The molecule has 1 saturated carbocycles. The van der Waals surface area contributed by atoms with E-state index in [1.165, 1.54) is 5.57 Å². The molecule has 5 nitrogen and oxygen atoms in total. The molecule has 158 valence electrons. The number of nitrogens with one attached hydrogen (secondary N) is 2. The number of benzene rings is 1. The van der Waals surface area contributed by atoms with E-state index in [4.69, 9.17) is 21.9 Å². The maximum atomic E-state index is 13.1. The van der Waals surface area contributed by atoms with Crippen LogP contribution in [0.25, 0.3) is 17.0 Å². The number of hydrogen-bond donors (Lipinski definition) is 2. The molecular formula is C24H23N3O2S2. The average molecular weight is 450 g/mol. The Morgan fingerprint density at radius 3 is 2.87 bits per heavy atom. The first-order valence-corrected chi connectivity index (χ1v) is 11.8. The van der Waals surface area contributed by atoms with Gasteiger partial charge in [0, 0.05) is 27.5 Å². The van der Waals surface area contributed by atoms with E-state index in [0.29, 0.717) is 16.2 Å². The lowest BCUT2D eigenvalue weighted by atomic mass is 9.61. The SMILES string of the molecule is CC12CCC3C(C1=Cc1cc4ccccc4nc1S2)c1c([nH]c(=S)[nH]c1=O)OC3(C)C. The van der Waals surface area contributed by atoms with Crippen LogP contribution in [0.15, 0.2) is 45.7 Å². The van der Waals surface area contributed by atoms with Crippen molar-refractivity contribution in [3.63, 3.8) is 0 Å². The summed E-state index contributed by atoms with van der Waals surface area (Å²) in [7, 11) is 0. The summed E-state index contributed by atoms with van der Waals surface area (Å²) in [4.78, 5) is 23.9. The zero-order valence-electron chi connectivity index (χ0n) is 17.6. The molecule has 2 aliphatic heterocycles. The highest BCUT2D eigenvalue weighted by atomic mass is 32.2. The van der Waals surface area contributed by atoms with Gasteiger partial charge >= 0.3 is 0 Å². The second-order valence-corrected chi connectivity index (χ2v) is 11.4. The van der Waals surface area contributed by atoms with E-state index < -0.39 is 5.60 Å². The number of aromatic amines is 2. The molecule has 3 unspecified atom stereocenters. The minimum Gasteiger partial charge on any atom is -0.472 e. The van der Waals surface area contributed by atoms with Crippen LogP contribution in [0.4, 0.5) is 0 Å². The highest BCUT2D eigenvalue weighted by Crippen LogP contribution is 2.61. The number of fused-ring (bicyclic) bond motifs is 7. The molecule has 2 aromatic heterocycles. The van der Waals surface area contributed by atoms with Crippen molar-refractivity contribution in [3.8, 4) is 5.88 Å². The predicted molar refractivity (Wildman–Crippen MR) is 126 cm³/mol. The first-order chi connectivity index (χ1) is 14.7. The summed E-state index contributed by atoms with van der Waals surface area (Å²) in [6, 6.07) is 10.4. The molecule has 7 heteroatoms. The molecule has 0 saturated heterocycles. The lowest BCUT2D eigenvalue weighted by Crippen LogP contribution is -2.52. The van der Waals surface area contributed by atoms with E-state index >= 15 is 0 Å². The third kappa shape index (κ3) is 2.79. The third-order valence-electron chi connectivity index (χ3n) is 7.14. The van der Waals surface area contributed by atoms with Crippen molar-refractivity contribution < 1.29 is 4.74 Å². The molecule has 3 aromatic rings. The minimum atomic E-state index is -0.404. The van der Waals surface area contributed by atoms with Crippen molar-refractivity contribution in [2.75, 3.05) is 0 Å². The second kappa shape index (κ2) is 6.33. The molecule has 0 bridgehead atoms. The van der Waals surface area contributed by atoms with Gasteiger partial charge in [-0.3, -0.25) is 9.78 Å². The van der Waals surface area contributed by atoms with E-state index in [2.05, 4.69) is 55.0 Å². The first-order valence-electron chi connectivity index (χ1n) is 10.6. The first kappa shape index (κ1) is 19.3. The summed E-state index contributed by atoms with van der Waals surface area (Å²) in [5.41, 5.74) is 3.55. The zero-order chi connectivity index (χ0) is 21.5. The Kier molecular flexibility index (Phi) is 3.94. The van der Waals surface area contributed by atoms with Gasteiger partial charge in [-0.05, 0) is 63.5 Å². The molecule has 1 aliphatic carbocycles. The normalized spacial score (nSPS) is 27.9. The summed E-state index contributed by atoms with van der Waals surface area (Å²) >= 11 is 7.06. The minimum absolute atomic E-state index is 0.0276. The molecule has 2 N–H and O–H groups in total. The van der Waals surface area contributed by atoms with E-state index in [9.17, 15) is 4.79 Å². The van der Waals surface area contributed by atoms with Crippen LogP contribution in [0, 0.1) is 10.7 Å². The summed E-state index contributed by atoms with van der Waals surface area (Å²) < 4.78 is 6.48. The van der Waals surface area contributed by atoms with Crippen LogP contribution >= 0.6 is 24.0 Å². The van der Waals surface area contributed by atoms with Crippen LogP contribution in [0.1, 0.15) is 50.7 Å². The van der Waals surface area contributed by atoms with Crippen molar-refractivity contribution in [2.45, 2.75) is 54.9 Å². The van der Waals surface area contributed by atoms with Crippen LogP contribution in [-0.4, -0.2) is 25.3 Å². The number of rotatable bonds is 0. The van der Waals surface area contributed by atoms with Crippen LogP contribution < -0.4 is 10.3 Å². The Bertz CT molecular complexity index is 1400. The quantitative estimate of drug-likeness (QED) is 0.438. The number of thioether (sulfide) groups is 1. The van der Waals surface area contributed by atoms with Crippen molar-refractivity contribution in [3.05, 3.63) is 62.2 Å². The van der Waals surface area contributed by atoms with Crippen molar-refractivity contribution in [2.24, 2.45) is 5.92 Å². The lowest BCUT2D eigenvalue weighted by Gasteiger charge is -2.53. The Morgan fingerprint density at radius 1 is 1.23 bits per heavy atom. The molecule has 31 heavy (non-hydrogen) atoms. The number of ether oxygens (including phenoxy) is 1. The monoisotopic (exact) mass is 449 g/mol. The van der Waals surface area contributed by atoms with Gasteiger partial charge in [-0.2, -0.15) is 0 Å². The van der Waals surface area contributed by atoms with Gasteiger partial charge in [0.2, 0.25) is 5.88 Å². The fourth-order valence-electron chi connectivity index (χ4n) is 5.60. The number of para-hydroxylation sites is 1. The van der Waals surface area contributed by atoms with Crippen molar-refractivity contribution in [1.82, 2.24) is 15.0 Å². The topological polar surface area (TPSA) is 70.8 Å². The molecule has 1 fully saturated rings. The smallest absolute Gasteiger partial charge is 0.259 e. The van der Waals surface area contributed by atoms with E-state index in [1.807, 2.05) is 23.9 Å². The van der Waals surface area contributed by atoms with Gasteiger partial charge in [0.25, 0.3) is 5.56 Å². The maximum absolute atomic E-state index is 13.1. The largest absolute Gasteiger partial charge is 0.472 e. The summed E-state index contributed by atoms with van der Waals surface area (Å²) in [6.45, 7) is 6.53. The van der Waals surface area contributed by atoms with Crippen molar-refractivity contribution >= 4 is 41.0 Å². The van der Waals surface area contributed by atoms with E-state index in [0.717, 1.165) is 34.3 Å². The molecule has 6 rings (SSSR count). The summed E-state index contributed by atoms with van der Waals surface area (Å²) in [6.07, 6.45) is 4.28. The summed E-state index contributed by atoms with van der Waals surface area (Å²) in [5.74, 6) is 0.693. The lowest BCUT2D eigenvalue weighted by molar-refractivity contribution is -0.00256. The predicted octanol–water partition coefficient (Wildman–Crippen LogP) is 5.59. The Morgan fingerprint density at radius 2 is 2.03 bits per heavy atom. The number of aromatic nitrogens is 3.